The Morgan fingerprint density at radius 2 is 1.85 bits per heavy atom. The first-order valence-electron chi connectivity index (χ1n) is 12.5. The molecule has 0 aliphatic carbocycles. The fraction of sp³-hybridized carbons (Fsp3) is 0.577. The van der Waals surface area contributed by atoms with Gasteiger partial charge in [-0.05, 0) is 43.4 Å². The number of hydrogen-bond donors (Lipinski definition) is 1. The van der Waals surface area contributed by atoms with Gasteiger partial charge in [-0.3, -0.25) is 9.69 Å². The number of benzene rings is 1. The lowest BCUT2D eigenvalue weighted by Crippen LogP contribution is -2.32. The third kappa shape index (κ3) is 4.83. The summed E-state index contributed by atoms with van der Waals surface area (Å²) >= 11 is 0. The first-order valence-corrected chi connectivity index (χ1v) is 12.5. The minimum absolute atomic E-state index is 0.143. The molecule has 3 aliphatic heterocycles. The molecule has 1 aromatic carbocycles. The Balaban J connectivity index is 1.26. The van der Waals surface area contributed by atoms with E-state index in [1.165, 1.54) is 54.9 Å². The number of piperidine rings is 1. The lowest BCUT2D eigenvalue weighted by Gasteiger charge is -2.31. The normalized spacial score (nSPS) is 21.2. The molecule has 4 heterocycles. The minimum Gasteiger partial charge on any atom is -0.373 e. The van der Waals surface area contributed by atoms with Gasteiger partial charge < -0.3 is 15.1 Å². The van der Waals surface area contributed by atoms with Crippen molar-refractivity contribution < 1.29 is 4.79 Å². The molecule has 3 aliphatic rings. The monoisotopic (exact) mass is 448 g/mol. The van der Waals surface area contributed by atoms with E-state index in [-0.39, 0.29) is 11.8 Å². The van der Waals surface area contributed by atoms with Crippen molar-refractivity contribution in [1.82, 2.24) is 19.8 Å². The van der Waals surface area contributed by atoms with E-state index < -0.39 is 0 Å². The van der Waals surface area contributed by atoms with Crippen LogP contribution in [0.2, 0.25) is 0 Å². The molecule has 33 heavy (non-hydrogen) atoms. The van der Waals surface area contributed by atoms with Gasteiger partial charge in [0.25, 0.3) is 0 Å². The number of carbonyl (C=O) groups excluding carboxylic acids is 1. The quantitative estimate of drug-likeness (QED) is 0.756. The summed E-state index contributed by atoms with van der Waals surface area (Å²) in [7, 11) is 1.95. The van der Waals surface area contributed by atoms with Crippen LogP contribution >= 0.6 is 0 Å². The molecular weight excluding hydrogens is 412 g/mol. The highest BCUT2D eigenvalue weighted by Crippen LogP contribution is 2.30. The van der Waals surface area contributed by atoms with Gasteiger partial charge in [0.05, 0.1) is 5.69 Å². The maximum atomic E-state index is 11.7. The number of aromatic nitrogens is 2. The largest absolute Gasteiger partial charge is 0.373 e. The van der Waals surface area contributed by atoms with E-state index in [1.807, 2.05) is 11.9 Å². The molecule has 2 aromatic rings. The van der Waals surface area contributed by atoms with Crippen molar-refractivity contribution >= 4 is 17.4 Å². The molecule has 0 saturated carbocycles. The summed E-state index contributed by atoms with van der Waals surface area (Å²) in [5.74, 6) is 2.22. The zero-order valence-electron chi connectivity index (χ0n) is 20.0. The Kier molecular flexibility index (Phi) is 6.49. The van der Waals surface area contributed by atoms with E-state index in [0.717, 1.165) is 57.2 Å². The van der Waals surface area contributed by atoms with Gasteiger partial charge in [-0.2, -0.15) is 0 Å². The summed E-state index contributed by atoms with van der Waals surface area (Å²) in [6.07, 6.45) is 5.86. The number of nitrogens with zero attached hydrogens (tertiary/aromatic N) is 5. The lowest BCUT2D eigenvalue weighted by molar-refractivity contribution is -0.127. The van der Waals surface area contributed by atoms with Crippen LogP contribution in [0.5, 0.6) is 0 Å². The highest BCUT2D eigenvalue weighted by Gasteiger charge is 2.30. The number of fused-ring (bicyclic) bond motifs is 1. The van der Waals surface area contributed by atoms with E-state index in [4.69, 9.17) is 9.97 Å². The molecule has 0 spiro atoms. The van der Waals surface area contributed by atoms with Crippen LogP contribution in [0.1, 0.15) is 61.2 Å². The third-order valence-electron chi connectivity index (χ3n) is 7.46. The van der Waals surface area contributed by atoms with Gasteiger partial charge in [0.15, 0.2) is 0 Å². The third-order valence-corrected chi connectivity index (χ3v) is 7.46. The first kappa shape index (κ1) is 22.1. The van der Waals surface area contributed by atoms with Crippen LogP contribution in [0.3, 0.4) is 0 Å². The topological polar surface area (TPSA) is 64.6 Å². The van der Waals surface area contributed by atoms with Crippen molar-refractivity contribution in [1.29, 1.82) is 0 Å². The van der Waals surface area contributed by atoms with Gasteiger partial charge in [0.2, 0.25) is 5.91 Å². The molecule has 7 nitrogen and oxygen atoms in total. The van der Waals surface area contributed by atoms with Crippen molar-refractivity contribution in [2.24, 2.45) is 0 Å². The van der Waals surface area contributed by atoms with Crippen LogP contribution in [0.25, 0.3) is 0 Å². The van der Waals surface area contributed by atoms with Crippen LogP contribution < -0.4 is 10.2 Å². The second-order valence-electron chi connectivity index (χ2n) is 9.73. The van der Waals surface area contributed by atoms with Gasteiger partial charge in [-0.15, -0.1) is 0 Å². The van der Waals surface area contributed by atoms with E-state index >= 15 is 0 Å². The summed E-state index contributed by atoms with van der Waals surface area (Å²) in [5, 5.41) is 3.32. The second kappa shape index (κ2) is 9.67. The number of carbonyl (C=O) groups is 1. The molecule has 0 radical (unpaired) electrons. The maximum Gasteiger partial charge on any atom is 0.219 e. The molecule has 1 aromatic heterocycles. The van der Waals surface area contributed by atoms with Crippen LogP contribution in [0.15, 0.2) is 24.3 Å². The van der Waals surface area contributed by atoms with E-state index in [0.29, 0.717) is 0 Å². The number of anilines is 2. The van der Waals surface area contributed by atoms with E-state index in [9.17, 15) is 4.79 Å². The molecule has 176 valence electrons. The van der Waals surface area contributed by atoms with Crippen molar-refractivity contribution in [3.8, 4) is 0 Å². The van der Waals surface area contributed by atoms with Crippen LogP contribution in [-0.4, -0.2) is 65.4 Å². The molecule has 2 saturated heterocycles. The van der Waals surface area contributed by atoms with E-state index in [1.54, 1.807) is 6.92 Å². The number of hydrogen-bond acceptors (Lipinski definition) is 6. The predicted octanol–water partition coefficient (Wildman–Crippen LogP) is 3.40. The molecule has 7 heteroatoms. The summed E-state index contributed by atoms with van der Waals surface area (Å²) < 4.78 is 0. The SMILES string of the molecule is CNc1nc(C2CCN(C(C)=O)C2)nc2c1CN(Cc1ccc(N3CCCCC3)cc1)CC2. The molecule has 0 bridgehead atoms. The molecule has 1 unspecified atom stereocenters. The Morgan fingerprint density at radius 3 is 2.55 bits per heavy atom. The number of amides is 1. The van der Waals surface area contributed by atoms with Crippen LogP contribution in [0, 0.1) is 0 Å². The Morgan fingerprint density at radius 1 is 1.06 bits per heavy atom. The molecular formula is C26H36N6O. The average molecular weight is 449 g/mol. The molecule has 2 fully saturated rings. The second-order valence-corrected chi connectivity index (χ2v) is 9.73. The summed E-state index contributed by atoms with van der Waals surface area (Å²) in [4.78, 5) is 28.5. The highest BCUT2D eigenvalue weighted by molar-refractivity contribution is 5.73. The van der Waals surface area contributed by atoms with Crippen LogP contribution in [-0.2, 0) is 24.3 Å². The Labute approximate surface area is 197 Å². The van der Waals surface area contributed by atoms with Crippen molar-refractivity contribution in [3.05, 3.63) is 46.9 Å². The number of rotatable bonds is 5. The average Bonchev–Trinajstić information content (AvgIpc) is 3.35. The zero-order chi connectivity index (χ0) is 22.8. The van der Waals surface area contributed by atoms with Gasteiger partial charge in [0.1, 0.15) is 11.6 Å². The minimum atomic E-state index is 0.143. The molecule has 1 atom stereocenters. The predicted molar refractivity (Wildman–Crippen MR) is 132 cm³/mol. The molecule has 5 rings (SSSR count). The lowest BCUT2D eigenvalue weighted by atomic mass is 10.0. The summed E-state index contributed by atoms with van der Waals surface area (Å²) in [6, 6.07) is 9.16. The van der Waals surface area contributed by atoms with Crippen molar-refractivity contribution in [3.63, 3.8) is 0 Å². The standard InChI is InChI=1S/C26H36N6O/c1-19(33)32-15-10-21(17-32)25-28-24-11-14-30(18-23(24)26(27-2)29-25)16-20-6-8-22(9-7-20)31-12-4-3-5-13-31/h6-9,21H,3-5,10-18H2,1-2H3,(H,27,28,29). The van der Waals surface area contributed by atoms with Gasteiger partial charge >= 0.3 is 0 Å². The van der Waals surface area contributed by atoms with Gasteiger partial charge in [0, 0.05) is 83.4 Å². The fourth-order valence-corrected chi connectivity index (χ4v) is 5.49. The van der Waals surface area contributed by atoms with Crippen molar-refractivity contribution in [2.45, 2.75) is 58.0 Å². The highest BCUT2D eigenvalue weighted by atomic mass is 16.2. The molecule has 1 amide bonds. The molecule has 1 N–H and O–H groups in total. The Hall–Kier alpha value is -2.67. The van der Waals surface area contributed by atoms with Crippen molar-refractivity contribution in [2.75, 3.05) is 50.0 Å². The number of likely N-dealkylation sites (tertiary alicyclic amines) is 1. The summed E-state index contributed by atoms with van der Waals surface area (Å²) in [6.45, 7) is 8.37. The van der Waals surface area contributed by atoms with Gasteiger partial charge in [-0.25, -0.2) is 9.97 Å². The smallest absolute Gasteiger partial charge is 0.219 e. The fourth-order valence-electron chi connectivity index (χ4n) is 5.49. The number of nitrogens with one attached hydrogen (secondary N) is 1. The first-order chi connectivity index (χ1) is 16.1. The maximum absolute atomic E-state index is 11.7. The zero-order valence-corrected chi connectivity index (χ0v) is 20.0. The van der Waals surface area contributed by atoms with Crippen LogP contribution in [0.4, 0.5) is 11.5 Å². The van der Waals surface area contributed by atoms with E-state index in [2.05, 4.69) is 39.4 Å². The Bertz CT molecular complexity index is 968. The van der Waals surface area contributed by atoms with Gasteiger partial charge in [-0.1, -0.05) is 12.1 Å². The summed E-state index contributed by atoms with van der Waals surface area (Å²) in [5.41, 5.74) is 5.11.